The molecule has 4 rings (SSSR count). The first-order chi connectivity index (χ1) is 14.9. The molecule has 160 valence electrons. The van der Waals surface area contributed by atoms with Gasteiger partial charge in [0.25, 0.3) is 0 Å². The quantitative estimate of drug-likeness (QED) is 0.604. The molecule has 0 bridgehead atoms. The summed E-state index contributed by atoms with van der Waals surface area (Å²) in [4.78, 5) is 29.1. The average Bonchev–Trinajstić information content (AvgIpc) is 3.27. The number of carbonyl (C=O) groups is 2. The van der Waals surface area contributed by atoms with E-state index in [-0.39, 0.29) is 5.91 Å². The number of hydrogen-bond donors (Lipinski definition) is 2. The van der Waals surface area contributed by atoms with Crippen LogP contribution in [0.15, 0.2) is 36.4 Å². The van der Waals surface area contributed by atoms with Crippen LogP contribution in [-0.2, 0) is 9.53 Å². The van der Waals surface area contributed by atoms with Crippen molar-refractivity contribution >= 4 is 17.6 Å². The molecule has 0 saturated heterocycles. The van der Waals surface area contributed by atoms with Crippen LogP contribution in [0.2, 0.25) is 0 Å². The third-order valence-electron chi connectivity index (χ3n) is 5.61. The molecular formula is C24H24N2O5. The number of esters is 1. The lowest BCUT2D eigenvalue weighted by atomic mass is 9.87. The summed E-state index contributed by atoms with van der Waals surface area (Å²) in [6.07, 6.45) is 0. The van der Waals surface area contributed by atoms with Crippen LogP contribution in [0.4, 0.5) is 5.69 Å². The first-order valence-electron chi connectivity index (χ1n) is 9.84. The molecular weight excluding hydrogens is 396 g/mol. The summed E-state index contributed by atoms with van der Waals surface area (Å²) in [6.45, 7) is 3.77. The van der Waals surface area contributed by atoms with Gasteiger partial charge in [-0.15, -0.1) is 0 Å². The van der Waals surface area contributed by atoms with Crippen LogP contribution in [0.5, 0.6) is 11.5 Å². The SMILES string of the molecule is COC(=O)c1c(C)[nH]c(-c2ccc(OC)c(OC)c2)c1C1C(=O)Nc2ccc(C)cc21. The summed E-state index contributed by atoms with van der Waals surface area (Å²) in [5.41, 5.74) is 5.60. The van der Waals surface area contributed by atoms with E-state index in [0.717, 1.165) is 22.4 Å². The highest BCUT2D eigenvalue weighted by Gasteiger charge is 2.38. The van der Waals surface area contributed by atoms with Gasteiger partial charge < -0.3 is 24.5 Å². The highest BCUT2D eigenvalue weighted by atomic mass is 16.5. The maximum absolute atomic E-state index is 13.1. The van der Waals surface area contributed by atoms with Crippen molar-refractivity contribution in [2.24, 2.45) is 0 Å². The zero-order valence-electron chi connectivity index (χ0n) is 18.1. The molecule has 0 saturated carbocycles. The molecule has 7 nitrogen and oxygen atoms in total. The number of methoxy groups -OCH3 is 3. The van der Waals surface area contributed by atoms with E-state index in [0.29, 0.717) is 34.0 Å². The highest BCUT2D eigenvalue weighted by Crippen LogP contribution is 2.45. The summed E-state index contributed by atoms with van der Waals surface area (Å²) < 4.78 is 15.9. The standard InChI is InChI=1S/C24H24N2O5/c1-12-6-8-16-15(10-12)20(23(27)26-16)21-19(24(28)31-5)13(2)25-22(21)14-7-9-17(29-3)18(11-14)30-4/h6-11,20,25H,1-5H3,(H,26,27). The minimum absolute atomic E-state index is 0.188. The molecule has 0 fully saturated rings. The molecule has 2 aromatic carbocycles. The van der Waals surface area contributed by atoms with Gasteiger partial charge in [-0.25, -0.2) is 4.79 Å². The van der Waals surface area contributed by atoms with Gasteiger partial charge in [0.15, 0.2) is 11.5 Å². The van der Waals surface area contributed by atoms with E-state index in [1.54, 1.807) is 27.2 Å². The topological polar surface area (TPSA) is 89.7 Å². The predicted molar refractivity (Wildman–Crippen MR) is 117 cm³/mol. The number of aromatic nitrogens is 1. The van der Waals surface area contributed by atoms with Crippen molar-refractivity contribution in [2.45, 2.75) is 19.8 Å². The van der Waals surface area contributed by atoms with E-state index in [4.69, 9.17) is 14.2 Å². The normalized spacial score (nSPS) is 14.7. The van der Waals surface area contributed by atoms with Crippen molar-refractivity contribution in [1.82, 2.24) is 4.98 Å². The molecule has 3 aromatic rings. The Labute approximate surface area is 180 Å². The highest BCUT2D eigenvalue weighted by molar-refractivity contribution is 6.08. The second-order valence-electron chi connectivity index (χ2n) is 7.49. The van der Waals surface area contributed by atoms with Crippen LogP contribution >= 0.6 is 0 Å². The molecule has 0 spiro atoms. The number of fused-ring (bicyclic) bond motifs is 1. The first-order valence-corrected chi connectivity index (χ1v) is 9.84. The molecule has 2 heterocycles. The molecule has 0 aliphatic carbocycles. The zero-order chi connectivity index (χ0) is 22.3. The Balaban J connectivity index is 1.99. The molecule has 1 unspecified atom stereocenters. The van der Waals surface area contributed by atoms with Crippen LogP contribution in [0.1, 0.15) is 38.7 Å². The number of aryl methyl sites for hydroxylation is 2. The fourth-order valence-electron chi connectivity index (χ4n) is 4.19. The Morgan fingerprint density at radius 2 is 1.71 bits per heavy atom. The third-order valence-corrected chi connectivity index (χ3v) is 5.61. The van der Waals surface area contributed by atoms with E-state index < -0.39 is 11.9 Å². The van der Waals surface area contributed by atoms with Gasteiger partial charge in [0.1, 0.15) is 0 Å². The van der Waals surface area contributed by atoms with E-state index in [2.05, 4.69) is 10.3 Å². The molecule has 0 radical (unpaired) electrons. The smallest absolute Gasteiger partial charge is 0.340 e. The Morgan fingerprint density at radius 3 is 2.39 bits per heavy atom. The number of H-pyrrole nitrogens is 1. The third kappa shape index (κ3) is 3.32. The van der Waals surface area contributed by atoms with E-state index in [9.17, 15) is 9.59 Å². The van der Waals surface area contributed by atoms with Gasteiger partial charge in [-0.05, 0) is 43.7 Å². The van der Waals surface area contributed by atoms with E-state index in [1.165, 1.54) is 7.11 Å². The Kier molecular flexibility index (Phi) is 5.19. The summed E-state index contributed by atoms with van der Waals surface area (Å²) in [5, 5.41) is 2.94. The Morgan fingerprint density at radius 1 is 0.968 bits per heavy atom. The second kappa shape index (κ2) is 7.83. The van der Waals surface area contributed by atoms with Crippen LogP contribution in [0.25, 0.3) is 11.3 Å². The van der Waals surface area contributed by atoms with Crippen LogP contribution < -0.4 is 14.8 Å². The van der Waals surface area contributed by atoms with Crippen molar-refractivity contribution in [1.29, 1.82) is 0 Å². The number of carbonyl (C=O) groups excluding carboxylic acids is 2. The summed E-state index contributed by atoms with van der Waals surface area (Å²) in [6, 6.07) is 11.3. The summed E-state index contributed by atoms with van der Waals surface area (Å²) >= 11 is 0. The van der Waals surface area contributed by atoms with E-state index in [1.807, 2.05) is 37.3 Å². The number of aromatic amines is 1. The second-order valence-corrected chi connectivity index (χ2v) is 7.49. The lowest BCUT2D eigenvalue weighted by Crippen LogP contribution is -2.17. The maximum atomic E-state index is 13.1. The molecule has 1 aromatic heterocycles. The van der Waals surface area contributed by atoms with Crippen molar-refractivity contribution < 1.29 is 23.8 Å². The van der Waals surface area contributed by atoms with Gasteiger partial charge in [-0.2, -0.15) is 0 Å². The molecule has 1 aliphatic heterocycles. The average molecular weight is 420 g/mol. The summed E-state index contributed by atoms with van der Waals surface area (Å²) in [7, 11) is 4.46. The molecule has 7 heteroatoms. The fourth-order valence-corrected chi connectivity index (χ4v) is 4.19. The number of hydrogen-bond acceptors (Lipinski definition) is 5. The fraction of sp³-hybridized carbons (Fsp3) is 0.250. The maximum Gasteiger partial charge on any atom is 0.340 e. The largest absolute Gasteiger partial charge is 0.493 e. The Bertz CT molecular complexity index is 1190. The van der Waals surface area contributed by atoms with Gasteiger partial charge in [0.2, 0.25) is 5.91 Å². The van der Waals surface area contributed by atoms with Gasteiger partial charge in [0.05, 0.1) is 38.5 Å². The molecule has 1 atom stereocenters. The lowest BCUT2D eigenvalue weighted by Gasteiger charge is -2.15. The van der Waals surface area contributed by atoms with Gasteiger partial charge >= 0.3 is 5.97 Å². The number of nitrogens with one attached hydrogen (secondary N) is 2. The van der Waals surface area contributed by atoms with Crippen molar-refractivity contribution in [3.05, 3.63) is 64.3 Å². The predicted octanol–water partition coefficient (Wildman–Crippen LogP) is 4.19. The number of ether oxygens (including phenoxy) is 3. The molecule has 1 amide bonds. The zero-order valence-corrected chi connectivity index (χ0v) is 18.1. The number of anilines is 1. The van der Waals surface area contributed by atoms with Crippen LogP contribution in [0.3, 0.4) is 0 Å². The Hall–Kier alpha value is -3.74. The minimum Gasteiger partial charge on any atom is -0.493 e. The van der Waals surface area contributed by atoms with Crippen LogP contribution in [0, 0.1) is 13.8 Å². The molecule has 31 heavy (non-hydrogen) atoms. The number of rotatable bonds is 5. The van der Waals surface area contributed by atoms with Gasteiger partial charge in [0, 0.05) is 22.5 Å². The van der Waals surface area contributed by atoms with Crippen molar-refractivity contribution in [2.75, 3.05) is 26.6 Å². The van der Waals surface area contributed by atoms with Crippen LogP contribution in [-0.4, -0.2) is 38.2 Å². The first kappa shape index (κ1) is 20.5. The number of benzene rings is 2. The van der Waals surface area contributed by atoms with Gasteiger partial charge in [-0.1, -0.05) is 17.7 Å². The van der Waals surface area contributed by atoms with E-state index >= 15 is 0 Å². The minimum atomic E-state index is -0.656. The van der Waals surface area contributed by atoms with Crippen molar-refractivity contribution in [3.63, 3.8) is 0 Å². The summed E-state index contributed by atoms with van der Waals surface area (Å²) in [5.74, 6) is -0.207. The van der Waals surface area contributed by atoms with Crippen molar-refractivity contribution in [3.8, 4) is 22.8 Å². The van der Waals surface area contributed by atoms with Gasteiger partial charge in [-0.3, -0.25) is 4.79 Å². The lowest BCUT2D eigenvalue weighted by molar-refractivity contribution is -0.116. The monoisotopic (exact) mass is 420 g/mol. The molecule has 1 aliphatic rings. The molecule has 2 N–H and O–H groups in total. The number of amides is 1.